The zero-order valence-corrected chi connectivity index (χ0v) is 13.8. The van der Waals surface area contributed by atoms with E-state index in [9.17, 15) is 20.1 Å². The van der Waals surface area contributed by atoms with E-state index >= 15 is 0 Å². The molecule has 4 N–H and O–H groups in total. The van der Waals surface area contributed by atoms with Gasteiger partial charge in [0.2, 0.25) is 5.91 Å². The Bertz CT molecular complexity index is 437. The molecule has 0 aromatic rings. The lowest BCUT2D eigenvalue weighted by Crippen LogP contribution is -2.88. The second-order valence-corrected chi connectivity index (χ2v) is 6.59. The summed E-state index contributed by atoms with van der Waals surface area (Å²) in [6, 6.07) is 0. The van der Waals surface area contributed by atoms with Gasteiger partial charge in [-0.05, 0) is 34.6 Å². The number of carbonyl (C=O) groups is 1. The molecule has 2 unspecified atom stereocenters. The minimum atomic E-state index is -1.86. The van der Waals surface area contributed by atoms with Gasteiger partial charge in [-0.15, -0.1) is 0 Å². The lowest BCUT2D eigenvalue weighted by atomic mass is 9.59. The Balaban J connectivity index is 3.60. The molecule has 1 rings (SSSR count). The maximum absolute atomic E-state index is 11.6. The van der Waals surface area contributed by atoms with Crippen LogP contribution < -0.4 is 5.32 Å². The summed E-state index contributed by atoms with van der Waals surface area (Å²) in [4.78, 5) is 11.6. The van der Waals surface area contributed by atoms with Gasteiger partial charge < -0.3 is 30.1 Å². The van der Waals surface area contributed by atoms with Gasteiger partial charge in [-0.1, -0.05) is 0 Å². The number of aliphatic hydroxyl groups is 3. The number of carbonyl (C=O) groups excluding carboxylic acids is 1. The first-order valence-corrected chi connectivity index (χ1v) is 6.84. The third-order valence-corrected chi connectivity index (χ3v) is 5.40. The Hall–Kier alpha value is -0.730. The molecule has 0 spiro atoms. The normalized spacial score (nSPS) is 50.8. The predicted molar refractivity (Wildman–Crippen MR) is 75.5 cm³/mol. The van der Waals surface area contributed by atoms with Gasteiger partial charge in [0.05, 0.1) is 6.61 Å². The average molecular weight is 305 g/mol. The van der Waals surface area contributed by atoms with Crippen molar-refractivity contribution in [3.8, 4) is 0 Å². The summed E-state index contributed by atoms with van der Waals surface area (Å²) < 4.78 is 11.2. The molecule has 1 fully saturated rings. The quantitative estimate of drug-likeness (QED) is 0.561. The highest BCUT2D eigenvalue weighted by Crippen LogP contribution is 2.53. The molecule has 1 aliphatic rings. The van der Waals surface area contributed by atoms with Crippen LogP contribution in [0, 0.1) is 0 Å². The molecule has 1 saturated heterocycles. The topological polar surface area (TPSA) is 108 Å². The van der Waals surface area contributed by atoms with Crippen molar-refractivity contribution in [2.24, 2.45) is 0 Å². The van der Waals surface area contributed by atoms with Crippen LogP contribution in [0.2, 0.25) is 0 Å². The van der Waals surface area contributed by atoms with Gasteiger partial charge in [-0.25, -0.2) is 0 Å². The molecule has 1 heterocycles. The van der Waals surface area contributed by atoms with Crippen molar-refractivity contribution in [3.05, 3.63) is 0 Å². The molecule has 0 aromatic heterocycles. The Kier molecular flexibility index (Phi) is 4.27. The molecule has 21 heavy (non-hydrogen) atoms. The summed E-state index contributed by atoms with van der Waals surface area (Å²) in [6.07, 6.45) is 0. The van der Waals surface area contributed by atoms with Gasteiger partial charge in [0.1, 0.15) is 22.3 Å². The number of hydrogen-bond donors (Lipinski definition) is 4. The maximum Gasteiger partial charge on any atom is 0.217 e. The highest BCUT2D eigenvalue weighted by Gasteiger charge is 2.74. The van der Waals surface area contributed by atoms with E-state index in [1.54, 1.807) is 6.92 Å². The number of aliphatic hydroxyl groups excluding tert-OH is 1. The van der Waals surface area contributed by atoms with Gasteiger partial charge in [-0.3, -0.25) is 4.79 Å². The summed E-state index contributed by atoms with van der Waals surface area (Å²) in [5, 5.41) is 34.2. The number of amides is 1. The van der Waals surface area contributed by atoms with E-state index in [0.717, 1.165) is 0 Å². The first-order valence-electron chi connectivity index (χ1n) is 6.84. The number of hydrogen-bond acceptors (Lipinski definition) is 6. The number of nitrogens with one attached hydrogen (secondary N) is 1. The van der Waals surface area contributed by atoms with E-state index in [1.165, 1.54) is 41.7 Å². The minimum absolute atomic E-state index is 0.409. The van der Waals surface area contributed by atoms with E-state index in [2.05, 4.69) is 5.32 Å². The lowest BCUT2D eigenvalue weighted by Gasteiger charge is -2.66. The van der Waals surface area contributed by atoms with Crippen LogP contribution in [0.4, 0.5) is 0 Å². The monoisotopic (exact) mass is 305 g/mol. The van der Waals surface area contributed by atoms with E-state index in [1.807, 2.05) is 0 Å². The molecular weight excluding hydrogens is 278 g/mol. The van der Waals surface area contributed by atoms with Crippen LogP contribution in [-0.4, -0.2) is 63.1 Å². The number of ether oxygens (including phenoxy) is 2. The second kappa shape index (κ2) is 4.89. The number of rotatable bonds is 3. The smallest absolute Gasteiger partial charge is 0.217 e. The molecule has 7 nitrogen and oxygen atoms in total. The molecule has 7 heteroatoms. The van der Waals surface area contributed by atoms with E-state index in [4.69, 9.17) is 9.47 Å². The van der Waals surface area contributed by atoms with Crippen LogP contribution in [0.25, 0.3) is 0 Å². The molecule has 0 aliphatic carbocycles. The largest absolute Gasteiger partial charge is 0.393 e. The first kappa shape index (κ1) is 18.3. The van der Waals surface area contributed by atoms with Gasteiger partial charge in [0.15, 0.2) is 5.79 Å². The predicted octanol–water partition coefficient (Wildman–Crippen LogP) is -0.473. The van der Waals surface area contributed by atoms with Gasteiger partial charge in [0.25, 0.3) is 0 Å². The third-order valence-electron chi connectivity index (χ3n) is 5.40. The summed E-state index contributed by atoms with van der Waals surface area (Å²) in [6.45, 7) is 8.06. The maximum atomic E-state index is 11.6. The van der Waals surface area contributed by atoms with Crippen molar-refractivity contribution in [2.45, 2.75) is 69.7 Å². The highest BCUT2D eigenvalue weighted by atomic mass is 16.7. The van der Waals surface area contributed by atoms with E-state index < -0.39 is 40.6 Å². The zero-order valence-electron chi connectivity index (χ0n) is 13.8. The second-order valence-electron chi connectivity index (χ2n) is 6.59. The molecule has 5 atom stereocenters. The highest BCUT2D eigenvalue weighted by molar-refractivity contribution is 5.74. The minimum Gasteiger partial charge on any atom is -0.393 e. The lowest BCUT2D eigenvalue weighted by molar-refractivity contribution is -0.421. The molecule has 0 radical (unpaired) electrons. The van der Waals surface area contributed by atoms with Crippen LogP contribution in [0.15, 0.2) is 0 Å². The molecule has 0 aromatic carbocycles. The van der Waals surface area contributed by atoms with Gasteiger partial charge in [-0.2, -0.15) is 0 Å². The molecule has 1 amide bonds. The third kappa shape index (κ3) is 2.10. The Morgan fingerprint density at radius 1 is 1.14 bits per heavy atom. The van der Waals surface area contributed by atoms with Crippen molar-refractivity contribution >= 4 is 5.91 Å². The van der Waals surface area contributed by atoms with Crippen molar-refractivity contribution in [1.29, 1.82) is 0 Å². The molecule has 0 saturated carbocycles. The first-order chi connectivity index (χ1) is 9.24. The van der Waals surface area contributed by atoms with Crippen molar-refractivity contribution in [3.63, 3.8) is 0 Å². The van der Waals surface area contributed by atoms with E-state index in [-0.39, 0.29) is 0 Å². The molecular formula is C14H27NO6. The summed E-state index contributed by atoms with van der Waals surface area (Å²) >= 11 is 0. The Morgan fingerprint density at radius 2 is 1.62 bits per heavy atom. The Morgan fingerprint density at radius 3 is 1.95 bits per heavy atom. The van der Waals surface area contributed by atoms with Crippen LogP contribution in [0.1, 0.15) is 41.5 Å². The van der Waals surface area contributed by atoms with Gasteiger partial charge in [0, 0.05) is 14.0 Å². The summed E-state index contributed by atoms with van der Waals surface area (Å²) in [7, 11) is 1.37. The summed E-state index contributed by atoms with van der Waals surface area (Å²) in [5.74, 6) is -1.88. The molecule has 1 aliphatic heterocycles. The SMILES string of the molecule is COC1(C)OC(C)(CO)[C@@](C)(O)[C@@](C)(O)[C@]1(C)NC(C)=O. The molecule has 0 bridgehead atoms. The fourth-order valence-corrected chi connectivity index (χ4v) is 3.09. The average Bonchev–Trinajstić information content (AvgIpc) is 2.35. The van der Waals surface area contributed by atoms with Gasteiger partial charge >= 0.3 is 0 Å². The zero-order chi connectivity index (χ0) is 16.9. The van der Waals surface area contributed by atoms with Crippen LogP contribution in [-0.2, 0) is 14.3 Å². The van der Waals surface area contributed by atoms with Crippen LogP contribution in [0.3, 0.4) is 0 Å². The standard InChI is InChI=1S/C14H27NO6/c1-9(17)15-11(3)13(5,19)12(4,18)10(2,8-16)21-14(11,6)20-7/h16,18-19H,8H2,1-7H3,(H,15,17)/t10?,11-,12+,13-,14?/m0/s1. The fourth-order valence-electron chi connectivity index (χ4n) is 3.09. The molecule has 124 valence electrons. The van der Waals surface area contributed by atoms with Crippen molar-refractivity contribution < 1.29 is 29.6 Å². The van der Waals surface area contributed by atoms with Crippen molar-refractivity contribution in [1.82, 2.24) is 5.32 Å². The fraction of sp³-hybridized carbons (Fsp3) is 0.929. The van der Waals surface area contributed by atoms with Crippen LogP contribution >= 0.6 is 0 Å². The summed E-state index contributed by atoms with van der Waals surface area (Å²) in [5.41, 5.74) is -6.66. The van der Waals surface area contributed by atoms with Crippen molar-refractivity contribution in [2.75, 3.05) is 13.7 Å². The Labute approximate surface area is 125 Å². The number of methoxy groups -OCH3 is 1. The van der Waals surface area contributed by atoms with Crippen LogP contribution in [0.5, 0.6) is 0 Å². The van der Waals surface area contributed by atoms with E-state index in [0.29, 0.717) is 0 Å².